The molecule has 0 atom stereocenters. The van der Waals surface area contributed by atoms with E-state index >= 15 is 0 Å². The summed E-state index contributed by atoms with van der Waals surface area (Å²) in [6, 6.07) is 0. The first-order valence-electron chi connectivity index (χ1n) is 4.14. The number of carboxylic acids is 1. The van der Waals surface area contributed by atoms with Crippen molar-refractivity contribution < 1.29 is 19.4 Å². The van der Waals surface area contributed by atoms with E-state index in [-0.39, 0.29) is 18.8 Å². The van der Waals surface area contributed by atoms with Gasteiger partial charge in [0.15, 0.2) is 0 Å². The highest BCUT2D eigenvalue weighted by Gasteiger charge is 2.40. The van der Waals surface area contributed by atoms with Crippen LogP contribution in [0, 0.1) is 0 Å². The van der Waals surface area contributed by atoms with Crippen LogP contribution in [0.25, 0.3) is 0 Å². The summed E-state index contributed by atoms with van der Waals surface area (Å²) >= 11 is 3.09. The van der Waals surface area contributed by atoms with Gasteiger partial charge in [-0.1, -0.05) is 0 Å². The van der Waals surface area contributed by atoms with Crippen molar-refractivity contribution in [2.75, 3.05) is 18.6 Å². The van der Waals surface area contributed by atoms with Crippen molar-refractivity contribution in [2.45, 2.75) is 16.9 Å². The zero-order valence-electron chi connectivity index (χ0n) is 7.82. The third-order valence-corrected chi connectivity index (χ3v) is 5.29. The molecule has 1 rings (SSSR count). The molecule has 0 aromatic carbocycles. The molecule has 0 radical (unpaired) electrons. The predicted octanol–water partition coefficient (Wildman–Crippen LogP) is 1.20. The van der Waals surface area contributed by atoms with Gasteiger partial charge in [-0.05, 0) is 0 Å². The van der Waals surface area contributed by atoms with E-state index in [4.69, 9.17) is 5.11 Å². The van der Waals surface area contributed by atoms with E-state index in [1.807, 2.05) is 0 Å². The van der Waals surface area contributed by atoms with E-state index in [9.17, 15) is 9.59 Å². The van der Waals surface area contributed by atoms with Crippen LogP contribution >= 0.6 is 23.5 Å². The highest BCUT2D eigenvalue weighted by atomic mass is 32.2. The van der Waals surface area contributed by atoms with E-state index in [1.165, 1.54) is 7.11 Å². The molecule has 0 saturated carbocycles. The Morgan fingerprint density at radius 3 is 2.36 bits per heavy atom. The average molecular weight is 236 g/mol. The lowest BCUT2D eigenvalue weighted by molar-refractivity contribution is -0.141. The van der Waals surface area contributed by atoms with E-state index in [2.05, 4.69) is 4.74 Å². The molecule has 0 spiro atoms. The fraction of sp³-hybridized carbons (Fsp3) is 0.750. The van der Waals surface area contributed by atoms with E-state index < -0.39 is 10.0 Å². The molecule has 4 nitrogen and oxygen atoms in total. The van der Waals surface area contributed by atoms with E-state index in [1.54, 1.807) is 23.5 Å². The van der Waals surface area contributed by atoms with Crippen molar-refractivity contribution in [3.05, 3.63) is 0 Å². The monoisotopic (exact) mass is 236 g/mol. The summed E-state index contributed by atoms with van der Waals surface area (Å²) in [6.07, 6.45) is 0.183. The number of hydrogen-bond acceptors (Lipinski definition) is 5. The highest BCUT2D eigenvalue weighted by molar-refractivity contribution is 8.21. The molecule has 0 amide bonds. The van der Waals surface area contributed by atoms with Gasteiger partial charge < -0.3 is 9.84 Å². The van der Waals surface area contributed by atoms with Crippen molar-refractivity contribution >= 4 is 35.5 Å². The molecule has 6 heteroatoms. The van der Waals surface area contributed by atoms with Crippen LogP contribution in [0.3, 0.4) is 0 Å². The fourth-order valence-electron chi connectivity index (χ4n) is 1.29. The molecule has 80 valence electrons. The number of carbonyl (C=O) groups excluding carboxylic acids is 1. The van der Waals surface area contributed by atoms with Gasteiger partial charge in [-0.3, -0.25) is 9.59 Å². The molecular weight excluding hydrogens is 224 g/mol. The summed E-state index contributed by atoms with van der Waals surface area (Å²) in [5.74, 6) is 0.591. The third-order valence-electron chi connectivity index (χ3n) is 1.88. The molecule has 0 unspecified atom stereocenters. The first-order valence-corrected chi connectivity index (χ1v) is 6.12. The number of esters is 1. The van der Waals surface area contributed by atoms with E-state index in [0.29, 0.717) is 0 Å². The van der Waals surface area contributed by atoms with Gasteiger partial charge in [0.1, 0.15) is 0 Å². The van der Waals surface area contributed by atoms with Crippen LogP contribution in [0.4, 0.5) is 0 Å². The summed E-state index contributed by atoms with van der Waals surface area (Å²) in [5.41, 5.74) is 0. The Kier molecular flexibility index (Phi) is 4.12. The molecular formula is C8H12O4S2. The van der Waals surface area contributed by atoms with Crippen LogP contribution in [0.1, 0.15) is 12.8 Å². The molecule has 0 bridgehead atoms. The van der Waals surface area contributed by atoms with Crippen molar-refractivity contribution in [1.29, 1.82) is 0 Å². The summed E-state index contributed by atoms with van der Waals surface area (Å²) in [4.78, 5) is 21.8. The van der Waals surface area contributed by atoms with Crippen LogP contribution < -0.4 is 0 Å². The van der Waals surface area contributed by atoms with Crippen LogP contribution in [0.5, 0.6) is 0 Å². The number of carboxylic acid groups (broad SMARTS) is 1. The summed E-state index contributed by atoms with van der Waals surface area (Å²) in [7, 11) is 1.32. The topological polar surface area (TPSA) is 63.6 Å². The van der Waals surface area contributed by atoms with Gasteiger partial charge in [0.2, 0.25) is 0 Å². The van der Waals surface area contributed by atoms with Gasteiger partial charge in [0.05, 0.1) is 24.0 Å². The highest BCUT2D eigenvalue weighted by Crippen LogP contribution is 2.49. The maximum Gasteiger partial charge on any atom is 0.307 e. The Bertz CT molecular complexity index is 235. The first kappa shape index (κ1) is 11.7. The molecule has 1 aliphatic rings. The number of aliphatic carboxylic acids is 1. The predicted molar refractivity (Wildman–Crippen MR) is 56.5 cm³/mol. The summed E-state index contributed by atoms with van der Waals surface area (Å²) < 4.78 is 4.06. The summed E-state index contributed by atoms with van der Waals surface area (Å²) in [5, 5.41) is 8.75. The van der Waals surface area contributed by atoms with Gasteiger partial charge in [0, 0.05) is 11.5 Å². The molecule has 0 aliphatic carbocycles. The standard InChI is InChI=1S/C8H12O4S2/c1-12-7(11)5-8(4-6(9)10)13-2-3-14-8/h2-5H2,1H3,(H,9,10). The molecule has 14 heavy (non-hydrogen) atoms. The fourth-order valence-corrected chi connectivity index (χ4v) is 4.42. The number of rotatable bonds is 4. The van der Waals surface area contributed by atoms with Crippen molar-refractivity contribution in [1.82, 2.24) is 0 Å². The Balaban J connectivity index is 2.61. The molecule has 1 saturated heterocycles. The minimum atomic E-state index is -0.865. The van der Waals surface area contributed by atoms with Crippen LogP contribution in [-0.4, -0.2) is 39.7 Å². The van der Waals surface area contributed by atoms with Gasteiger partial charge in [-0.2, -0.15) is 0 Å². The number of ether oxygens (including phenoxy) is 1. The Hall–Kier alpha value is -0.360. The smallest absolute Gasteiger partial charge is 0.307 e. The SMILES string of the molecule is COC(=O)CC1(CC(=O)O)SCCS1. The van der Waals surface area contributed by atoms with Gasteiger partial charge in [-0.15, -0.1) is 23.5 Å². The van der Waals surface area contributed by atoms with Crippen LogP contribution in [0.2, 0.25) is 0 Å². The lowest BCUT2D eigenvalue weighted by atomic mass is 10.2. The molecule has 1 N–H and O–H groups in total. The first-order chi connectivity index (χ1) is 6.58. The zero-order chi connectivity index (χ0) is 10.6. The van der Waals surface area contributed by atoms with Gasteiger partial charge in [0.25, 0.3) is 0 Å². The minimum absolute atomic E-state index is 0.0113. The second kappa shape index (κ2) is 4.93. The molecule has 1 fully saturated rings. The van der Waals surface area contributed by atoms with Gasteiger partial charge >= 0.3 is 11.9 Å². The van der Waals surface area contributed by atoms with Crippen LogP contribution in [-0.2, 0) is 14.3 Å². The molecule has 0 aromatic heterocycles. The van der Waals surface area contributed by atoms with Crippen molar-refractivity contribution in [3.8, 4) is 0 Å². The lowest BCUT2D eigenvalue weighted by Crippen LogP contribution is -2.26. The maximum atomic E-state index is 11.1. The quantitative estimate of drug-likeness (QED) is 0.740. The second-order valence-electron chi connectivity index (χ2n) is 2.93. The second-order valence-corrected chi connectivity index (χ2v) is 6.15. The molecule has 0 aromatic rings. The Morgan fingerprint density at radius 2 is 1.93 bits per heavy atom. The van der Waals surface area contributed by atoms with Gasteiger partial charge in [-0.25, -0.2) is 0 Å². The third kappa shape index (κ3) is 3.09. The van der Waals surface area contributed by atoms with E-state index in [0.717, 1.165) is 11.5 Å². The normalized spacial score (nSPS) is 19.2. The maximum absolute atomic E-state index is 11.1. The number of carbonyl (C=O) groups is 2. The van der Waals surface area contributed by atoms with Crippen LogP contribution in [0.15, 0.2) is 0 Å². The zero-order valence-corrected chi connectivity index (χ0v) is 9.45. The summed E-state index contributed by atoms with van der Waals surface area (Å²) in [6.45, 7) is 0. The minimum Gasteiger partial charge on any atom is -0.481 e. The number of thioether (sulfide) groups is 2. The van der Waals surface area contributed by atoms with Crippen molar-refractivity contribution in [3.63, 3.8) is 0 Å². The Labute approximate surface area is 90.8 Å². The lowest BCUT2D eigenvalue weighted by Gasteiger charge is -2.23. The average Bonchev–Trinajstić information content (AvgIpc) is 2.51. The molecule has 1 heterocycles. The number of methoxy groups -OCH3 is 1. The number of hydrogen-bond donors (Lipinski definition) is 1. The Morgan fingerprint density at radius 1 is 1.36 bits per heavy atom. The van der Waals surface area contributed by atoms with Crippen molar-refractivity contribution in [2.24, 2.45) is 0 Å². The largest absolute Gasteiger partial charge is 0.481 e. The molecule has 1 aliphatic heterocycles.